The van der Waals surface area contributed by atoms with Crippen molar-refractivity contribution in [3.63, 3.8) is 0 Å². The first-order chi connectivity index (χ1) is 31.7. The van der Waals surface area contributed by atoms with Crippen molar-refractivity contribution in [1.29, 1.82) is 0 Å². The molecular weight excluding hydrogens is 789 g/mol. The fourth-order valence-electron chi connectivity index (χ4n) is 11.6. The van der Waals surface area contributed by atoms with Crippen molar-refractivity contribution in [2.45, 2.75) is 43.9 Å². The van der Waals surface area contributed by atoms with Gasteiger partial charge >= 0.3 is 0 Å². The number of rotatable bonds is 5. The molecule has 0 aromatic heterocycles. The van der Waals surface area contributed by atoms with Crippen LogP contribution in [-0.4, -0.2) is 5.78 Å². The van der Waals surface area contributed by atoms with Crippen LogP contribution in [0.2, 0.25) is 0 Å². The minimum absolute atomic E-state index is 0.0913. The highest BCUT2D eigenvalue weighted by molar-refractivity contribution is 6.13. The van der Waals surface area contributed by atoms with Crippen molar-refractivity contribution in [1.82, 2.24) is 0 Å². The Morgan fingerprint density at radius 3 is 1.35 bits per heavy atom. The van der Waals surface area contributed by atoms with E-state index in [9.17, 15) is 4.79 Å². The SMILES string of the molecule is CC1(C)c2ccccc2C(=O)c2cc(-c3ccc(N4c5ccccc5C(c5ccccc5)(c5ccccc5)c5ccc(N6c7ccccc7C(C)(C)c7ccccc76)cc54)cc3)ccc21. The topological polar surface area (TPSA) is 23.6 Å². The lowest BCUT2D eigenvalue weighted by molar-refractivity contribution is 0.103. The average molecular weight is 837 g/mol. The lowest BCUT2D eigenvalue weighted by atomic mass is 9.62. The minimum Gasteiger partial charge on any atom is -0.310 e. The number of anilines is 6. The van der Waals surface area contributed by atoms with E-state index >= 15 is 0 Å². The maximum atomic E-state index is 14.0. The van der Waals surface area contributed by atoms with Crippen molar-refractivity contribution in [2.75, 3.05) is 9.80 Å². The molecule has 0 bridgehead atoms. The maximum Gasteiger partial charge on any atom is 0.193 e. The van der Waals surface area contributed by atoms with Crippen LogP contribution < -0.4 is 9.80 Å². The summed E-state index contributed by atoms with van der Waals surface area (Å²) in [7, 11) is 0. The second-order valence-electron chi connectivity index (χ2n) is 18.8. The van der Waals surface area contributed by atoms with Crippen molar-refractivity contribution in [3.05, 3.63) is 274 Å². The van der Waals surface area contributed by atoms with Crippen molar-refractivity contribution in [2.24, 2.45) is 0 Å². The first-order valence-electron chi connectivity index (χ1n) is 22.7. The van der Waals surface area contributed by atoms with Crippen molar-refractivity contribution >= 4 is 39.9 Å². The van der Waals surface area contributed by atoms with Crippen LogP contribution in [0, 0.1) is 0 Å². The number of carbonyl (C=O) groups is 1. The van der Waals surface area contributed by atoms with E-state index in [1.54, 1.807) is 0 Å². The summed E-state index contributed by atoms with van der Waals surface area (Å²) in [6.07, 6.45) is 0. The predicted octanol–water partition coefficient (Wildman–Crippen LogP) is 15.5. The number of ketones is 1. The van der Waals surface area contributed by atoms with Crippen LogP contribution in [0.25, 0.3) is 11.1 Å². The van der Waals surface area contributed by atoms with Gasteiger partial charge in [0.05, 0.1) is 28.2 Å². The zero-order valence-corrected chi connectivity index (χ0v) is 37.1. The molecule has 9 aromatic carbocycles. The molecule has 3 nitrogen and oxygen atoms in total. The number of benzene rings is 9. The lowest BCUT2D eigenvalue weighted by Crippen LogP contribution is -2.38. The maximum absolute atomic E-state index is 14.0. The number of para-hydroxylation sites is 3. The number of carbonyl (C=O) groups excluding carboxylic acids is 1. The minimum atomic E-state index is -0.620. The number of hydrogen-bond donors (Lipinski definition) is 0. The van der Waals surface area contributed by atoms with Gasteiger partial charge in [-0.15, -0.1) is 0 Å². The third-order valence-corrected chi connectivity index (χ3v) is 14.7. The molecule has 0 fully saturated rings. The first-order valence-corrected chi connectivity index (χ1v) is 22.7. The summed E-state index contributed by atoms with van der Waals surface area (Å²) in [4.78, 5) is 19.0. The van der Waals surface area contributed by atoms with Crippen LogP contribution in [0.1, 0.15) is 88.1 Å². The Morgan fingerprint density at radius 2 is 0.738 bits per heavy atom. The van der Waals surface area contributed by atoms with Gasteiger partial charge in [-0.3, -0.25) is 4.79 Å². The second-order valence-corrected chi connectivity index (χ2v) is 18.8. The van der Waals surface area contributed by atoms with Gasteiger partial charge in [0.2, 0.25) is 0 Å². The molecule has 0 saturated carbocycles. The molecule has 9 aromatic rings. The molecule has 12 rings (SSSR count). The third-order valence-electron chi connectivity index (χ3n) is 14.7. The Bertz CT molecular complexity index is 3260. The smallest absolute Gasteiger partial charge is 0.193 e. The Balaban J connectivity index is 1.07. The fraction of sp³-hybridized carbons (Fsp3) is 0.113. The van der Waals surface area contributed by atoms with E-state index in [4.69, 9.17) is 0 Å². The summed E-state index contributed by atoms with van der Waals surface area (Å²) in [6.45, 7) is 9.12. The largest absolute Gasteiger partial charge is 0.310 e. The molecule has 0 N–H and O–H groups in total. The van der Waals surface area contributed by atoms with Gasteiger partial charge in [0.25, 0.3) is 0 Å². The summed E-state index contributed by atoms with van der Waals surface area (Å²) < 4.78 is 0. The van der Waals surface area contributed by atoms with Crippen LogP contribution >= 0.6 is 0 Å². The van der Waals surface area contributed by atoms with Gasteiger partial charge < -0.3 is 9.80 Å². The molecular formula is C62H48N2O. The van der Waals surface area contributed by atoms with Gasteiger partial charge in [0.1, 0.15) is 0 Å². The van der Waals surface area contributed by atoms with Gasteiger partial charge in [-0.2, -0.15) is 0 Å². The number of hydrogen-bond acceptors (Lipinski definition) is 3. The second kappa shape index (κ2) is 14.4. The number of fused-ring (bicyclic) bond motifs is 6. The third kappa shape index (κ3) is 5.58. The van der Waals surface area contributed by atoms with E-state index in [-0.39, 0.29) is 16.6 Å². The van der Waals surface area contributed by atoms with Crippen molar-refractivity contribution < 1.29 is 4.79 Å². The monoisotopic (exact) mass is 836 g/mol. The van der Waals surface area contributed by atoms with E-state index in [1.165, 1.54) is 44.8 Å². The summed E-state index contributed by atoms with van der Waals surface area (Å²) in [6, 6.07) is 79.3. The molecule has 0 unspecified atom stereocenters. The molecule has 2 aliphatic heterocycles. The van der Waals surface area contributed by atoms with Gasteiger partial charge in [0, 0.05) is 33.3 Å². The van der Waals surface area contributed by atoms with E-state index in [0.717, 1.165) is 56.1 Å². The Hall–Kier alpha value is -7.75. The standard InChI is InChI=1S/C62H48N2O/c1-60(2)49-24-12-11-23-47(49)59(65)48-39-42(33-37-50(48)60)41-31-34-45(35-32-41)63-57-30-18-15-27-53(57)62(43-19-7-5-8-20-43,44-21-9-6-10-22-44)54-38-36-46(40-58(54)63)64-55-28-16-13-25-51(55)61(3,4)52-26-14-17-29-56(52)64/h5-40H,1-4H3. The van der Waals surface area contributed by atoms with Gasteiger partial charge in [-0.05, 0) is 104 Å². The molecule has 2 heterocycles. The lowest BCUT2D eigenvalue weighted by Gasteiger charge is -2.47. The molecule has 0 amide bonds. The van der Waals surface area contributed by atoms with Crippen LogP contribution in [0.4, 0.5) is 34.1 Å². The summed E-state index contributed by atoms with van der Waals surface area (Å²) in [5.74, 6) is 0.0913. The predicted molar refractivity (Wildman–Crippen MR) is 267 cm³/mol. The highest BCUT2D eigenvalue weighted by Crippen LogP contribution is 2.60. The Morgan fingerprint density at radius 1 is 0.323 bits per heavy atom. The molecule has 3 aliphatic rings. The molecule has 0 saturated heterocycles. The van der Waals surface area contributed by atoms with Gasteiger partial charge in [-0.25, -0.2) is 0 Å². The van der Waals surface area contributed by atoms with Crippen molar-refractivity contribution in [3.8, 4) is 11.1 Å². The van der Waals surface area contributed by atoms with E-state index in [1.807, 2.05) is 18.2 Å². The fourth-order valence-corrected chi connectivity index (χ4v) is 11.6. The van der Waals surface area contributed by atoms with E-state index in [0.29, 0.717) is 0 Å². The van der Waals surface area contributed by atoms with E-state index in [2.05, 4.69) is 238 Å². The normalized spacial score (nSPS) is 15.7. The Kier molecular flexibility index (Phi) is 8.61. The van der Waals surface area contributed by atoms with Crippen LogP contribution in [0.5, 0.6) is 0 Å². The summed E-state index contributed by atoms with van der Waals surface area (Å²) in [5, 5.41) is 0. The molecule has 0 spiro atoms. The van der Waals surface area contributed by atoms with Gasteiger partial charge in [0.15, 0.2) is 5.78 Å². The summed E-state index contributed by atoms with van der Waals surface area (Å²) in [5.41, 5.74) is 19.0. The molecule has 1 aliphatic carbocycles. The Labute approximate surface area is 381 Å². The molecule has 312 valence electrons. The molecule has 0 radical (unpaired) electrons. The van der Waals surface area contributed by atoms with E-state index < -0.39 is 5.41 Å². The van der Waals surface area contributed by atoms with Gasteiger partial charge in [-0.1, -0.05) is 198 Å². The molecule has 0 atom stereocenters. The highest BCUT2D eigenvalue weighted by atomic mass is 16.1. The first kappa shape index (κ1) is 38.9. The molecule has 3 heteroatoms. The zero-order chi connectivity index (χ0) is 44.1. The quantitative estimate of drug-likeness (QED) is 0.173. The van der Waals surface area contributed by atoms with Crippen LogP contribution in [0.3, 0.4) is 0 Å². The van der Waals surface area contributed by atoms with Crippen LogP contribution in [0.15, 0.2) is 218 Å². The highest BCUT2D eigenvalue weighted by Gasteiger charge is 2.47. The number of nitrogens with zero attached hydrogens (tertiary/aromatic N) is 2. The zero-order valence-electron chi connectivity index (χ0n) is 37.1. The summed E-state index contributed by atoms with van der Waals surface area (Å²) >= 11 is 0. The van der Waals surface area contributed by atoms with Crippen LogP contribution in [-0.2, 0) is 16.2 Å². The molecule has 65 heavy (non-hydrogen) atoms. The average Bonchev–Trinajstić information content (AvgIpc) is 3.35.